The fraction of sp³-hybridized carbons (Fsp3) is 0.333. The number of esters is 1. The molecule has 2 aromatic carbocycles. The molecule has 0 saturated heterocycles. The van der Waals surface area contributed by atoms with Gasteiger partial charge in [-0.1, -0.05) is 60.2 Å². The number of thioether (sulfide) groups is 1. The molecule has 0 bridgehead atoms. The first-order valence-corrected chi connectivity index (χ1v) is 10.0. The van der Waals surface area contributed by atoms with Crippen LogP contribution in [-0.2, 0) is 26.7 Å². The van der Waals surface area contributed by atoms with E-state index in [1.165, 1.54) is 11.1 Å². The SMILES string of the molecule is Cc1ccc(CSC[C@H](N)C(=O)N[C@@H](C)C(=O)OCc2ccccc2)cc1. The van der Waals surface area contributed by atoms with Gasteiger partial charge in [-0.25, -0.2) is 4.79 Å². The topological polar surface area (TPSA) is 81.4 Å². The first-order chi connectivity index (χ1) is 13.0. The van der Waals surface area contributed by atoms with E-state index in [2.05, 4.69) is 29.6 Å². The molecular formula is C21H26N2O3S. The predicted molar refractivity (Wildman–Crippen MR) is 109 cm³/mol. The third kappa shape index (κ3) is 7.45. The summed E-state index contributed by atoms with van der Waals surface area (Å²) in [6.07, 6.45) is 0. The van der Waals surface area contributed by atoms with E-state index < -0.39 is 18.1 Å². The highest BCUT2D eigenvalue weighted by molar-refractivity contribution is 7.98. The van der Waals surface area contributed by atoms with Gasteiger partial charge < -0.3 is 15.8 Å². The van der Waals surface area contributed by atoms with Crippen LogP contribution in [0.25, 0.3) is 0 Å². The van der Waals surface area contributed by atoms with Crippen LogP contribution in [-0.4, -0.2) is 29.7 Å². The molecule has 6 heteroatoms. The molecule has 1 amide bonds. The zero-order valence-electron chi connectivity index (χ0n) is 15.7. The average Bonchev–Trinajstić information content (AvgIpc) is 2.68. The first-order valence-electron chi connectivity index (χ1n) is 8.85. The van der Waals surface area contributed by atoms with Gasteiger partial charge in [-0.15, -0.1) is 0 Å². The van der Waals surface area contributed by atoms with E-state index in [0.717, 1.165) is 11.3 Å². The number of hydrogen-bond acceptors (Lipinski definition) is 5. The van der Waals surface area contributed by atoms with Crippen molar-refractivity contribution in [2.75, 3.05) is 5.75 Å². The van der Waals surface area contributed by atoms with Crippen LogP contribution in [0.4, 0.5) is 0 Å². The van der Waals surface area contributed by atoms with Crippen molar-refractivity contribution in [3.05, 3.63) is 71.3 Å². The van der Waals surface area contributed by atoms with Crippen molar-refractivity contribution < 1.29 is 14.3 Å². The quantitative estimate of drug-likeness (QED) is 0.648. The third-order valence-corrected chi connectivity index (χ3v) is 5.09. The summed E-state index contributed by atoms with van der Waals surface area (Å²) in [5.41, 5.74) is 9.24. The second-order valence-electron chi connectivity index (χ2n) is 6.43. The fourth-order valence-electron chi connectivity index (χ4n) is 2.30. The van der Waals surface area contributed by atoms with E-state index in [9.17, 15) is 9.59 Å². The van der Waals surface area contributed by atoms with Crippen molar-refractivity contribution in [1.82, 2.24) is 5.32 Å². The Morgan fingerprint density at radius 2 is 1.74 bits per heavy atom. The van der Waals surface area contributed by atoms with E-state index in [0.29, 0.717) is 5.75 Å². The summed E-state index contributed by atoms with van der Waals surface area (Å²) in [6.45, 7) is 3.82. The molecule has 0 spiro atoms. The zero-order chi connectivity index (χ0) is 19.6. The molecule has 0 saturated carbocycles. The van der Waals surface area contributed by atoms with Crippen molar-refractivity contribution in [2.45, 2.75) is 38.3 Å². The highest BCUT2D eigenvalue weighted by Gasteiger charge is 2.21. The van der Waals surface area contributed by atoms with Crippen LogP contribution in [0, 0.1) is 6.92 Å². The van der Waals surface area contributed by atoms with Crippen molar-refractivity contribution in [2.24, 2.45) is 5.73 Å². The maximum Gasteiger partial charge on any atom is 0.328 e. The van der Waals surface area contributed by atoms with Gasteiger partial charge in [0.15, 0.2) is 0 Å². The fourth-order valence-corrected chi connectivity index (χ4v) is 3.25. The molecule has 0 heterocycles. The summed E-state index contributed by atoms with van der Waals surface area (Å²) in [6, 6.07) is 16.2. The van der Waals surface area contributed by atoms with Crippen molar-refractivity contribution in [1.29, 1.82) is 0 Å². The number of carbonyl (C=O) groups is 2. The molecule has 2 rings (SSSR count). The van der Waals surface area contributed by atoms with Crippen LogP contribution in [0.5, 0.6) is 0 Å². The number of hydrogen-bond donors (Lipinski definition) is 2. The Balaban J connectivity index is 1.69. The molecule has 5 nitrogen and oxygen atoms in total. The molecule has 27 heavy (non-hydrogen) atoms. The Labute approximate surface area is 164 Å². The molecule has 2 atom stereocenters. The normalized spacial score (nSPS) is 12.9. The number of benzene rings is 2. The Morgan fingerprint density at radius 3 is 2.41 bits per heavy atom. The summed E-state index contributed by atoms with van der Waals surface area (Å²) < 4.78 is 5.22. The van der Waals surface area contributed by atoms with Gasteiger partial charge >= 0.3 is 5.97 Å². The van der Waals surface area contributed by atoms with Crippen LogP contribution < -0.4 is 11.1 Å². The van der Waals surface area contributed by atoms with Crippen LogP contribution in [0.2, 0.25) is 0 Å². The molecule has 0 fully saturated rings. The maximum absolute atomic E-state index is 12.2. The lowest BCUT2D eigenvalue weighted by Gasteiger charge is -2.17. The van der Waals surface area contributed by atoms with Gasteiger partial charge in [-0.05, 0) is 25.0 Å². The molecule has 0 unspecified atom stereocenters. The van der Waals surface area contributed by atoms with Crippen LogP contribution in [0.15, 0.2) is 54.6 Å². The highest BCUT2D eigenvalue weighted by atomic mass is 32.2. The molecule has 0 aromatic heterocycles. The van der Waals surface area contributed by atoms with E-state index in [1.807, 2.05) is 37.3 Å². The number of ether oxygens (including phenoxy) is 1. The van der Waals surface area contributed by atoms with E-state index in [-0.39, 0.29) is 12.5 Å². The molecule has 2 aromatic rings. The van der Waals surface area contributed by atoms with E-state index >= 15 is 0 Å². The zero-order valence-corrected chi connectivity index (χ0v) is 16.5. The number of nitrogens with one attached hydrogen (secondary N) is 1. The van der Waals surface area contributed by atoms with Crippen LogP contribution in [0.1, 0.15) is 23.6 Å². The van der Waals surface area contributed by atoms with E-state index in [4.69, 9.17) is 10.5 Å². The molecule has 0 aliphatic rings. The average molecular weight is 387 g/mol. The van der Waals surface area contributed by atoms with Gasteiger partial charge in [0.2, 0.25) is 5.91 Å². The molecule has 0 aliphatic heterocycles. The number of rotatable bonds is 9. The number of nitrogens with two attached hydrogens (primary N) is 1. The van der Waals surface area contributed by atoms with Gasteiger partial charge in [0, 0.05) is 11.5 Å². The minimum atomic E-state index is -0.741. The monoisotopic (exact) mass is 386 g/mol. The minimum absolute atomic E-state index is 0.179. The van der Waals surface area contributed by atoms with Gasteiger partial charge in [-0.3, -0.25) is 4.79 Å². The van der Waals surface area contributed by atoms with Crippen molar-refractivity contribution >= 4 is 23.6 Å². The molecule has 0 aliphatic carbocycles. The Bertz CT molecular complexity index is 735. The highest BCUT2D eigenvalue weighted by Crippen LogP contribution is 2.13. The van der Waals surface area contributed by atoms with Crippen molar-refractivity contribution in [3.63, 3.8) is 0 Å². The largest absolute Gasteiger partial charge is 0.459 e. The standard InChI is InChI=1S/C21H26N2O3S/c1-15-8-10-18(11-9-15)13-27-14-19(22)20(24)23-16(2)21(25)26-12-17-6-4-3-5-7-17/h3-11,16,19H,12-14,22H2,1-2H3,(H,23,24)/t16-,19-/m0/s1. The number of amides is 1. The second-order valence-corrected chi connectivity index (χ2v) is 7.46. The number of aryl methyl sites for hydroxylation is 1. The molecule has 0 radical (unpaired) electrons. The lowest BCUT2D eigenvalue weighted by atomic mass is 10.2. The summed E-state index contributed by atoms with van der Waals surface area (Å²) in [7, 11) is 0. The first kappa shape index (κ1) is 21.0. The second kappa shape index (κ2) is 10.7. The lowest BCUT2D eigenvalue weighted by Crippen LogP contribution is -2.48. The van der Waals surface area contributed by atoms with Gasteiger partial charge in [0.05, 0.1) is 6.04 Å². The third-order valence-electron chi connectivity index (χ3n) is 3.96. The number of carbonyl (C=O) groups excluding carboxylic acids is 2. The summed E-state index contributed by atoms with van der Waals surface area (Å²) in [5, 5.41) is 2.62. The predicted octanol–water partition coefficient (Wildman–Crippen LogP) is 2.80. The van der Waals surface area contributed by atoms with Crippen molar-refractivity contribution in [3.8, 4) is 0 Å². The maximum atomic E-state index is 12.2. The lowest BCUT2D eigenvalue weighted by molar-refractivity contribution is -0.148. The Hall–Kier alpha value is -2.31. The Kier molecular flexibility index (Phi) is 8.36. The summed E-state index contributed by atoms with van der Waals surface area (Å²) >= 11 is 1.59. The minimum Gasteiger partial charge on any atom is -0.459 e. The summed E-state index contributed by atoms with van der Waals surface area (Å²) in [4.78, 5) is 24.2. The molecule has 144 valence electrons. The molecule has 3 N–H and O–H groups in total. The van der Waals surface area contributed by atoms with Gasteiger partial charge in [0.1, 0.15) is 12.6 Å². The van der Waals surface area contributed by atoms with E-state index in [1.54, 1.807) is 18.7 Å². The van der Waals surface area contributed by atoms with Crippen LogP contribution >= 0.6 is 11.8 Å². The van der Waals surface area contributed by atoms with Crippen LogP contribution in [0.3, 0.4) is 0 Å². The molecular weight excluding hydrogens is 360 g/mol. The van der Waals surface area contributed by atoms with Gasteiger partial charge in [0.25, 0.3) is 0 Å². The van der Waals surface area contributed by atoms with Gasteiger partial charge in [-0.2, -0.15) is 11.8 Å². The summed E-state index contributed by atoms with van der Waals surface area (Å²) in [5.74, 6) is 0.434. The smallest absolute Gasteiger partial charge is 0.328 e. The Morgan fingerprint density at radius 1 is 1.07 bits per heavy atom.